The number of halogens is 1. The molecule has 1 aromatic carbocycles. The summed E-state index contributed by atoms with van der Waals surface area (Å²) < 4.78 is 27.2. The van der Waals surface area contributed by atoms with Crippen LogP contribution in [0.25, 0.3) is 0 Å². The molecule has 0 aliphatic carbocycles. The fraction of sp³-hybridized carbons (Fsp3) is 0.389. The minimum Gasteiger partial charge on any atom is -0.352 e. The van der Waals surface area contributed by atoms with E-state index in [-0.39, 0.29) is 12.3 Å². The second kappa shape index (κ2) is 8.52. The summed E-state index contributed by atoms with van der Waals surface area (Å²) in [5.41, 5.74) is 0.922. The normalized spacial score (nSPS) is 15.7. The van der Waals surface area contributed by atoms with Gasteiger partial charge in [0, 0.05) is 29.5 Å². The van der Waals surface area contributed by atoms with Crippen molar-refractivity contribution in [3.05, 3.63) is 51.9 Å². The number of amides is 1. The molecule has 0 spiro atoms. The molecular formula is C18H21ClN2O3S2. The quantitative estimate of drug-likeness (QED) is 0.790. The number of carbonyl (C=O) groups is 1. The summed E-state index contributed by atoms with van der Waals surface area (Å²) in [6, 6.07) is 10.6. The van der Waals surface area contributed by atoms with Gasteiger partial charge in [-0.05, 0) is 42.7 Å². The van der Waals surface area contributed by atoms with Gasteiger partial charge in [0.2, 0.25) is 5.91 Å². The zero-order valence-corrected chi connectivity index (χ0v) is 16.7. The number of benzene rings is 1. The highest BCUT2D eigenvalue weighted by atomic mass is 35.5. The van der Waals surface area contributed by atoms with Crippen LogP contribution in [-0.4, -0.2) is 31.7 Å². The van der Waals surface area contributed by atoms with Crippen molar-refractivity contribution in [3.8, 4) is 0 Å². The van der Waals surface area contributed by atoms with Gasteiger partial charge in [0.05, 0.1) is 6.42 Å². The first-order valence-corrected chi connectivity index (χ1v) is 11.2. The highest BCUT2D eigenvalue weighted by molar-refractivity contribution is 7.91. The molecule has 0 atom stereocenters. The van der Waals surface area contributed by atoms with E-state index in [1.165, 1.54) is 11.3 Å². The Hall–Kier alpha value is -1.41. The number of nitrogens with one attached hydrogen (secondary N) is 1. The van der Waals surface area contributed by atoms with Crippen LogP contribution in [0.1, 0.15) is 29.7 Å². The third-order valence-corrected chi connectivity index (χ3v) is 7.95. The lowest BCUT2D eigenvalue weighted by Gasteiger charge is -2.25. The first-order valence-electron chi connectivity index (χ1n) is 8.55. The van der Waals surface area contributed by atoms with Gasteiger partial charge < -0.3 is 5.32 Å². The van der Waals surface area contributed by atoms with Crippen LogP contribution in [0.5, 0.6) is 0 Å². The third-order valence-electron chi connectivity index (χ3n) is 4.26. The Labute approximate surface area is 163 Å². The lowest BCUT2D eigenvalue weighted by molar-refractivity contribution is -0.120. The summed E-state index contributed by atoms with van der Waals surface area (Å²) >= 11 is 7.10. The van der Waals surface area contributed by atoms with Crippen LogP contribution in [0.2, 0.25) is 5.02 Å². The Morgan fingerprint density at radius 3 is 2.65 bits per heavy atom. The zero-order chi connectivity index (χ0) is 18.6. The van der Waals surface area contributed by atoms with Gasteiger partial charge in [-0.1, -0.05) is 30.2 Å². The zero-order valence-electron chi connectivity index (χ0n) is 14.3. The third kappa shape index (κ3) is 4.85. The Bertz CT molecular complexity index is 874. The van der Waals surface area contributed by atoms with E-state index in [9.17, 15) is 13.2 Å². The summed E-state index contributed by atoms with van der Waals surface area (Å²) in [5.74, 6) is -0.145. The minimum atomic E-state index is -3.43. The molecule has 3 rings (SSSR count). The van der Waals surface area contributed by atoms with Gasteiger partial charge >= 0.3 is 0 Å². The SMILES string of the molecule is O=C(Cc1ccc(S(=O)(=O)N2CCCCC2)s1)NCc1cccc(Cl)c1. The van der Waals surface area contributed by atoms with E-state index in [4.69, 9.17) is 11.6 Å². The van der Waals surface area contributed by atoms with Gasteiger partial charge in [0.1, 0.15) is 4.21 Å². The second-order valence-electron chi connectivity index (χ2n) is 6.27. The molecule has 8 heteroatoms. The second-order valence-corrected chi connectivity index (χ2v) is 10.0. The molecule has 1 saturated heterocycles. The van der Waals surface area contributed by atoms with Crippen molar-refractivity contribution in [1.82, 2.24) is 9.62 Å². The first kappa shape index (κ1) is 19.4. The Morgan fingerprint density at radius 2 is 1.92 bits per heavy atom. The van der Waals surface area contributed by atoms with E-state index in [0.29, 0.717) is 28.9 Å². The van der Waals surface area contributed by atoms with Crippen LogP contribution in [0.4, 0.5) is 0 Å². The lowest BCUT2D eigenvalue weighted by Crippen LogP contribution is -2.35. The molecule has 2 aromatic rings. The maximum Gasteiger partial charge on any atom is 0.252 e. The largest absolute Gasteiger partial charge is 0.352 e. The van der Waals surface area contributed by atoms with Gasteiger partial charge in [-0.25, -0.2) is 8.42 Å². The fourth-order valence-corrected chi connectivity index (χ4v) is 6.13. The average Bonchev–Trinajstić information content (AvgIpc) is 3.10. The first-order chi connectivity index (χ1) is 12.4. The number of hydrogen-bond acceptors (Lipinski definition) is 4. The summed E-state index contributed by atoms with van der Waals surface area (Å²) in [5, 5.41) is 3.46. The van der Waals surface area contributed by atoms with Crippen LogP contribution in [-0.2, 0) is 27.8 Å². The minimum absolute atomic E-state index is 0.145. The van der Waals surface area contributed by atoms with Crippen molar-refractivity contribution < 1.29 is 13.2 Å². The van der Waals surface area contributed by atoms with Gasteiger partial charge in [-0.15, -0.1) is 11.3 Å². The van der Waals surface area contributed by atoms with Crippen molar-refractivity contribution in [3.63, 3.8) is 0 Å². The molecule has 1 N–H and O–H groups in total. The van der Waals surface area contributed by atoms with Crippen LogP contribution in [0.3, 0.4) is 0 Å². The molecule has 2 heterocycles. The summed E-state index contributed by atoms with van der Waals surface area (Å²) in [6.45, 7) is 1.55. The Morgan fingerprint density at radius 1 is 1.15 bits per heavy atom. The maximum absolute atomic E-state index is 12.7. The molecule has 0 bridgehead atoms. The van der Waals surface area contributed by atoms with Crippen LogP contribution in [0.15, 0.2) is 40.6 Å². The van der Waals surface area contributed by atoms with Gasteiger partial charge in [-0.3, -0.25) is 4.79 Å². The van der Waals surface area contributed by atoms with E-state index >= 15 is 0 Å². The number of thiophene rings is 1. The molecular weight excluding hydrogens is 392 g/mol. The molecule has 1 aliphatic rings. The Balaban J connectivity index is 1.58. The standard InChI is InChI=1S/C18H21ClN2O3S2/c19-15-6-4-5-14(11-15)13-20-17(22)12-16-7-8-18(25-16)26(23,24)21-9-2-1-3-10-21/h4-8,11H,1-3,9-10,12-13H2,(H,20,22). The maximum atomic E-state index is 12.7. The van der Waals surface area contributed by atoms with Crippen molar-refractivity contribution >= 4 is 38.9 Å². The molecule has 0 saturated carbocycles. The number of carbonyl (C=O) groups excluding carboxylic acids is 1. The van der Waals surface area contributed by atoms with Crippen LogP contribution >= 0.6 is 22.9 Å². The molecule has 0 radical (unpaired) electrons. The van der Waals surface area contributed by atoms with Crippen LogP contribution < -0.4 is 5.32 Å². The number of nitrogens with zero attached hydrogens (tertiary/aromatic N) is 1. The predicted octanol–water partition coefficient (Wildman–Crippen LogP) is 3.44. The molecule has 5 nitrogen and oxygen atoms in total. The number of rotatable bonds is 6. The molecule has 26 heavy (non-hydrogen) atoms. The molecule has 1 amide bonds. The molecule has 0 unspecified atom stereocenters. The van der Waals surface area contributed by atoms with E-state index in [1.54, 1.807) is 28.6 Å². The van der Waals surface area contributed by atoms with E-state index in [1.807, 2.05) is 12.1 Å². The van der Waals surface area contributed by atoms with Gasteiger partial charge in [-0.2, -0.15) is 4.31 Å². The van der Waals surface area contributed by atoms with Gasteiger partial charge in [0.25, 0.3) is 10.0 Å². The van der Waals surface area contributed by atoms with E-state index in [0.717, 1.165) is 29.7 Å². The van der Waals surface area contributed by atoms with Crippen molar-refractivity contribution in [2.24, 2.45) is 0 Å². The monoisotopic (exact) mass is 412 g/mol. The Kier molecular flexibility index (Phi) is 6.34. The average molecular weight is 413 g/mol. The summed E-state index contributed by atoms with van der Waals surface area (Å²) in [7, 11) is -3.43. The number of hydrogen-bond donors (Lipinski definition) is 1. The summed E-state index contributed by atoms with van der Waals surface area (Å²) in [6.07, 6.45) is 3.06. The number of sulfonamides is 1. The highest BCUT2D eigenvalue weighted by Crippen LogP contribution is 2.27. The predicted molar refractivity (Wildman–Crippen MR) is 104 cm³/mol. The number of piperidine rings is 1. The molecule has 140 valence electrons. The summed E-state index contributed by atoms with van der Waals surface area (Å²) in [4.78, 5) is 12.9. The van der Waals surface area contributed by atoms with E-state index < -0.39 is 10.0 Å². The lowest BCUT2D eigenvalue weighted by atomic mass is 10.2. The molecule has 1 fully saturated rings. The van der Waals surface area contributed by atoms with Crippen molar-refractivity contribution in [2.75, 3.05) is 13.1 Å². The topological polar surface area (TPSA) is 66.5 Å². The smallest absolute Gasteiger partial charge is 0.252 e. The van der Waals surface area contributed by atoms with Gasteiger partial charge in [0.15, 0.2) is 0 Å². The van der Waals surface area contributed by atoms with Crippen molar-refractivity contribution in [1.29, 1.82) is 0 Å². The molecule has 1 aromatic heterocycles. The molecule has 1 aliphatic heterocycles. The van der Waals surface area contributed by atoms with E-state index in [2.05, 4.69) is 5.32 Å². The fourth-order valence-electron chi connectivity index (χ4n) is 2.89. The van der Waals surface area contributed by atoms with Crippen LogP contribution in [0, 0.1) is 0 Å². The highest BCUT2D eigenvalue weighted by Gasteiger charge is 2.27. The van der Waals surface area contributed by atoms with Crippen molar-refractivity contribution in [2.45, 2.75) is 36.4 Å².